The van der Waals surface area contributed by atoms with E-state index >= 15 is 0 Å². The molecule has 46 heavy (non-hydrogen) atoms. The van der Waals surface area contributed by atoms with Crippen molar-refractivity contribution in [1.29, 1.82) is 0 Å². The van der Waals surface area contributed by atoms with Gasteiger partial charge >= 0.3 is 0 Å². The highest BCUT2D eigenvalue weighted by atomic mass is 16.5. The van der Waals surface area contributed by atoms with Crippen LogP contribution in [-0.4, -0.2) is 19.7 Å². The van der Waals surface area contributed by atoms with Crippen LogP contribution in [0, 0.1) is 13.8 Å². The molecule has 0 aliphatic heterocycles. The highest BCUT2D eigenvalue weighted by molar-refractivity contribution is 5.45. The Morgan fingerprint density at radius 3 is 1.67 bits per heavy atom. The molecule has 2 aromatic carbocycles. The van der Waals surface area contributed by atoms with Gasteiger partial charge in [0, 0.05) is 12.3 Å². The van der Waals surface area contributed by atoms with Crippen molar-refractivity contribution in [2.24, 2.45) is 0 Å². The van der Waals surface area contributed by atoms with Crippen LogP contribution >= 0.6 is 0 Å². The quantitative estimate of drug-likeness (QED) is 0.126. The molecule has 0 atom stereocenters. The van der Waals surface area contributed by atoms with Gasteiger partial charge in [0.25, 0.3) is 11.8 Å². The fourth-order valence-corrected chi connectivity index (χ4v) is 4.66. The fraction of sp³-hybridized carbons (Fsp3) is 0.171. The first-order valence-corrected chi connectivity index (χ1v) is 14.7. The van der Waals surface area contributed by atoms with E-state index in [1.54, 1.807) is 30.7 Å². The first-order valence-electron chi connectivity index (χ1n) is 14.7. The lowest BCUT2D eigenvalue weighted by Gasteiger charge is -2.07. The van der Waals surface area contributed by atoms with Gasteiger partial charge in [-0.05, 0) is 73.5 Å². The van der Waals surface area contributed by atoms with Crippen LogP contribution < -0.4 is 14.2 Å². The van der Waals surface area contributed by atoms with Crippen molar-refractivity contribution in [2.75, 3.05) is 0 Å². The maximum absolute atomic E-state index is 5.93. The Balaban J connectivity index is 0.863. The molecule has 11 heteroatoms. The van der Waals surface area contributed by atoms with Crippen molar-refractivity contribution in [3.63, 3.8) is 0 Å². The van der Waals surface area contributed by atoms with E-state index in [-0.39, 0.29) is 6.61 Å². The Bertz CT molecular complexity index is 1980. The largest absolute Gasteiger partial charge is 0.487 e. The molecule has 11 nitrogen and oxygen atoms in total. The second kappa shape index (κ2) is 12.9. The summed E-state index contributed by atoms with van der Waals surface area (Å²) in [6, 6.07) is 24.6. The van der Waals surface area contributed by atoms with E-state index in [1.165, 1.54) is 0 Å². The van der Waals surface area contributed by atoms with Crippen LogP contribution in [0.5, 0.6) is 17.4 Å². The number of benzene rings is 2. The van der Waals surface area contributed by atoms with Gasteiger partial charge in [-0.15, -0.1) is 5.10 Å². The van der Waals surface area contributed by atoms with Crippen molar-refractivity contribution in [3.8, 4) is 40.7 Å². The minimum Gasteiger partial charge on any atom is -0.487 e. The van der Waals surface area contributed by atoms with Crippen molar-refractivity contribution >= 4 is 0 Å². The van der Waals surface area contributed by atoms with Gasteiger partial charge in [0.15, 0.2) is 11.5 Å². The molecular weight excluding hydrogens is 588 g/mol. The number of oxazole rings is 2. The van der Waals surface area contributed by atoms with E-state index in [1.807, 2.05) is 85.4 Å². The Morgan fingerprint density at radius 2 is 1.15 bits per heavy atom. The molecule has 7 rings (SSSR count). The molecule has 5 aromatic heterocycles. The first kappa shape index (κ1) is 28.8. The molecular formula is C35H30N4O7. The highest BCUT2D eigenvalue weighted by Crippen LogP contribution is 2.25. The zero-order valence-corrected chi connectivity index (χ0v) is 25.2. The number of nitrogens with zero attached hydrogens (tertiary/aromatic N) is 4. The van der Waals surface area contributed by atoms with Crippen LogP contribution in [0.3, 0.4) is 0 Å². The van der Waals surface area contributed by atoms with Gasteiger partial charge in [0.05, 0.1) is 19.1 Å². The summed E-state index contributed by atoms with van der Waals surface area (Å²) in [5.74, 6) is 5.44. The number of aryl methyl sites for hydroxylation is 2. The number of hydrogen-bond donors (Lipinski definition) is 0. The lowest BCUT2D eigenvalue weighted by atomic mass is 10.2. The number of hydrogen-bond acceptors (Lipinski definition) is 10. The summed E-state index contributed by atoms with van der Waals surface area (Å²) in [4.78, 5) is 8.97. The van der Waals surface area contributed by atoms with Gasteiger partial charge in [-0.2, -0.15) is 0 Å². The third-order valence-electron chi connectivity index (χ3n) is 7.19. The summed E-state index contributed by atoms with van der Waals surface area (Å²) < 4.78 is 41.7. The predicted molar refractivity (Wildman–Crippen MR) is 165 cm³/mol. The van der Waals surface area contributed by atoms with Gasteiger partial charge in [0.1, 0.15) is 54.2 Å². The molecule has 0 N–H and O–H groups in total. The van der Waals surface area contributed by atoms with Crippen molar-refractivity contribution in [2.45, 2.75) is 40.2 Å². The molecule has 0 fully saturated rings. The van der Waals surface area contributed by atoms with Crippen molar-refractivity contribution < 1.29 is 31.9 Å². The van der Waals surface area contributed by atoms with Crippen LogP contribution in [0.2, 0.25) is 0 Å². The summed E-state index contributed by atoms with van der Waals surface area (Å²) in [5, 5.41) is 4.55. The van der Waals surface area contributed by atoms with E-state index in [0.29, 0.717) is 60.5 Å². The average molecular weight is 619 g/mol. The number of rotatable bonds is 13. The molecule has 0 amide bonds. The van der Waals surface area contributed by atoms with Gasteiger partial charge in [-0.25, -0.2) is 9.97 Å². The number of furan rings is 2. The summed E-state index contributed by atoms with van der Waals surface area (Å²) in [7, 11) is 0. The third kappa shape index (κ3) is 6.73. The predicted octanol–water partition coefficient (Wildman–Crippen LogP) is 7.78. The first-order chi connectivity index (χ1) is 22.6. The Kier molecular flexibility index (Phi) is 8.10. The molecule has 0 bridgehead atoms. The standard InChI is InChI=1S/C35H30N4O7/c1-23-29(36-34(45-23)31-5-3-17-40-31)21-42-27-11-7-25(8-12-27)19-39-16-15-33(38-39)44-20-26-9-13-28(14-10-26)43-22-30-24(2)46-35(37-30)32-6-4-18-41-32/h3-18H,19-22H2,1-2H3. The van der Waals surface area contributed by atoms with E-state index in [4.69, 9.17) is 31.9 Å². The molecule has 0 saturated heterocycles. The van der Waals surface area contributed by atoms with Crippen LogP contribution in [0.25, 0.3) is 23.3 Å². The van der Waals surface area contributed by atoms with Crippen LogP contribution in [0.15, 0.2) is 115 Å². The second-order valence-electron chi connectivity index (χ2n) is 10.5. The Hall–Kier alpha value is -5.97. The molecule has 0 spiro atoms. The highest BCUT2D eigenvalue weighted by Gasteiger charge is 2.15. The molecule has 7 aromatic rings. The zero-order valence-electron chi connectivity index (χ0n) is 25.2. The van der Waals surface area contributed by atoms with Crippen LogP contribution in [0.1, 0.15) is 34.0 Å². The molecule has 232 valence electrons. The summed E-state index contributed by atoms with van der Waals surface area (Å²) in [6.07, 6.45) is 5.06. The molecule has 5 heterocycles. The average Bonchev–Trinajstić information content (AvgIpc) is 3.91. The SMILES string of the molecule is Cc1oc(-c2ccco2)nc1COc1ccc(COc2ccn(Cc3ccc(OCc4nc(-c5ccco5)oc4C)cc3)n2)cc1. The lowest BCUT2D eigenvalue weighted by molar-refractivity contribution is 0.288. The maximum atomic E-state index is 5.93. The summed E-state index contributed by atoms with van der Waals surface area (Å²) in [5.41, 5.74) is 3.51. The molecule has 0 aliphatic carbocycles. The van der Waals surface area contributed by atoms with Crippen molar-refractivity contribution in [3.05, 3.63) is 132 Å². The van der Waals surface area contributed by atoms with Gasteiger partial charge < -0.3 is 31.9 Å². The number of ether oxygens (including phenoxy) is 3. The van der Waals surface area contributed by atoms with E-state index in [0.717, 1.165) is 34.0 Å². The second-order valence-corrected chi connectivity index (χ2v) is 10.5. The van der Waals surface area contributed by atoms with Gasteiger partial charge in [0.2, 0.25) is 5.88 Å². The number of aromatic nitrogens is 4. The topological polar surface area (TPSA) is 124 Å². The fourth-order valence-electron chi connectivity index (χ4n) is 4.66. The normalized spacial score (nSPS) is 11.2. The van der Waals surface area contributed by atoms with Crippen molar-refractivity contribution in [1.82, 2.24) is 19.7 Å². The molecule has 0 saturated carbocycles. The zero-order chi connectivity index (χ0) is 31.3. The summed E-state index contributed by atoms with van der Waals surface area (Å²) in [6.45, 7) is 5.27. The summed E-state index contributed by atoms with van der Waals surface area (Å²) >= 11 is 0. The van der Waals surface area contributed by atoms with E-state index in [9.17, 15) is 0 Å². The molecule has 0 aliphatic rings. The van der Waals surface area contributed by atoms with E-state index < -0.39 is 0 Å². The van der Waals surface area contributed by atoms with Crippen LogP contribution in [-0.2, 0) is 26.4 Å². The Morgan fingerprint density at radius 1 is 0.609 bits per heavy atom. The Labute approximate surface area is 264 Å². The minimum absolute atomic E-state index is 0.287. The minimum atomic E-state index is 0.287. The van der Waals surface area contributed by atoms with E-state index in [2.05, 4.69) is 15.1 Å². The lowest BCUT2D eigenvalue weighted by Crippen LogP contribution is -2.02. The van der Waals surface area contributed by atoms with Gasteiger partial charge in [-0.1, -0.05) is 24.3 Å². The maximum Gasteiger partial charge on any atom is 0.263 e. The molecule has 0 radical (unpaired) electrons. The monoisotopic (exact) mass is 618 g/mol. The molecule has 0 unspecified atom stereocenters. The van der Waals surface area contributed by atoms with Gasteiger partial charge in [-0.3, -0.25) is 4.68 Å². The smallest absolute Gasteiger partial charge is 0.263 e. The third-order valence-corrected chi connectivity index (χ3v) is 7.19. The van der Waals surface area contributed by atoms with Crippen LogP contribution in [0.4, 0.5) is 0 Å².